The van der Waals surface area contributed by atoms with Gasteiger partial charge in [0.1, 0.15) is 0 Å². The van der Waals surface area contributed by atoms with Gasteiger partial charge >= 0.3 is 0 Å². The Morgan fingerprint density at radius 3 is 2.81 bits per heavy atom. The number of alkyl halides is 1. The molecule has 2 rings (SSSR count). The van der Waals surface area contributed by atoms with Crippen LogP contribution in [0.2, 0.25) is 0 Å². The average molecular weight is 306 g/mol. The van der Waals surface area contributed by atoms with Gasteiger partial charge in [-0.3, -0.25) is 4.79 Å². The maximum absolute atomic E-state index is 12.0. The smallest absolute Gasteiger partial charge is 0.224 e. The molecule has 0 spiro atoms. The number of carbonyl (C=O) groups excluding carboxylic acids is 1. The van der Waals surface area contributed by atoms with Crippen molar-refractivity contribution >= 4 is 28.3 Å². The molecule has 1 unspecified atom stereocenters. The second kappa shape index (κ2) is 8.01. The third kappa shape index (κ3) is 4.73. The molecule has 1 atom stereocenters. The van der Waals surface area contributed by atoms with Crippen molar-refractivity contribution in [3.8, 4) is 0 Å². The van der Waals surface area contributed by atoms with Crippen molar-refractivity contribution < 1.29 is 9.53 Å². The summed E-state index contributed by atoms with van der Waals surface area (Å²) in [6, 6.07) is 14.1. The SMILES string of the molecule is COCC(Cl)CCNC(=O)Cc1cccc2ccccc12. The molecule has 0 aromatic heterocycles. The molecular formula is C17H20ClNO2. The van der Waals surface area contributed by atoms with E-state index in [1.807, 2.05) is 30.3 Å². The number of benzene rings is 2. The fraction of sp³-hybridized carbons (Fsp3) is 0.353. The van der Waals surface area contributed by atoms with E-state index in [1.54, 1.807) is 7.11 Å². The Hall–Kier alpha value is -1.58. The zero-order valence-electron chi connectivity index (χ0n) is 12.1. The fourth-order valence-corrected chi connectivity index (χ4v) is 2.55. The van der Waals surface area contributed by atoms with Crippen LogP contribution in [0.15, 0.2) is 42.5 Å². The molecule has 0 aliphatic heterocycles. The highest BCUT2D eigenvalue weighted by atomic mass is 35.5. The van der Waals surface area contributed by atoms with Crippen LogP contribution >= 0.6 is 11.6 Å². The van der Waals surface area contributed by atoms with Crippen molar-refractivity contribution in [1.29, 1.82) is 0 Å². The van der Waals surface area contributed by atoms with E-state index in [0.29, 0.717) is 26.0 Å². The molecule has 0 bridgehead atoms. The Bertz CT molecular complexity index is 595. The molecule has 0 saturated carbocycles. The number of amides is 1. The van der Waals surface area contributed by atoms with E-state index >= 15 is 0 Å². The Morgan fingerprint density at radius 1 is 1.24 bits per heavy atom. The topological polar surface area (TPSA) is 38.3 Å². The molecule has 0 heterocycles. The van der Waals surface area contributed by atoms with Gasteiger partial charge in [-0.1, -0.05) is 42.5 Å². The molecule has 0 saturated heterocycles. The van der Waals surface area contributed by atoms with E-state index < -0.39 is 0 Å². The predicted octanol–water partition coefficient (Wildman–Crippen LogP) is 3.14. The number of hydrogen-bond acceptors (Lipinski definition) is 2. The van der Waals surface area contributed by atoms with E-state index in [-0.39, 0.29) is 11.3 Å². The maximum atomic E-state index is 12.0. The fourth-order valence-electron chi connectivity index (χ4n) is 2.31. The number of nitrogens with one attached hydrogen (secondary N) is 1. The zero-order chi connectivity index (χ0) is 15.1. The number of halogens is 1. The summed E-state index contributed by atoms with van der Waals surface area (Å²) < 4.78 is 4.96. The van der Waals surface area contributed by atoms with Crippen molar-refractivity contribution in [1.82, 2.24) is 5.32 Å². The molecule has 2 aromatic rings. The molecule has 0 radical (unpaired) electrons. The Labute approximate surface area is 130 Å². The molecule has 21 heavy (non-hydrogen) atoms. The largest absolute Gasteiger partial charge is 0.383 e. The molecule has 4 heteroatoms. The van der Waals surface area contributed by atoms with Gasteiger partial charge in [0.05, 0.1) is 18.4 Å². The lowest BCUT2D eigenvalue weighted by Gasteiger charge is -2.10. The van der Waals surface area contributed by atoms with Crippen molar-refractivity contribution in [2.24, 2.45) is 0 Å². The molecule has 1 N–H and O–H groups in total. The number of ether oxygens (including phenoxy) is 1. The summed E-state index contributed by atoms with van der Waals surface area (Å²) in [4.78, 5) is 12.0. The van der Waals surface area contributed by atoms with Crippen LogP contribution in [0.3, 0.4) is 0 Å². The first-order valence-corrected chi connectivity index (χ1v) is 7.50. The van der Waals surface area contributed by atoms with Crippen LogP contribution in [0.1, 0.15) is 12.0 Å². The maximum Gasteiger partial charge on any atom is 0.224 e. The standard InChI is InChI=1S/C17H20ClNO2/c1-21-12-15(18)9-10-19-17(20)11-14-7-4-6-13-5-2-3-8-16(13)14/h2-8,15H,9-12H2,1H3,(H,19,20). The Kier molecular flexibility index (Phi) is 6.03. The van der Waals surface area contributed by atoms with E-state index in [1.165, 1.54) is 0 Å². The van der Waals surface area contributed by atoms with Gasteiger partial charge in [-0.2, -0.15) is 0 Å². The lowest BCUT2D eigenvalue weighted by Crippen LogP contribution is -2.28. The van der Waals surface area contributed by atoms with Gasteiger partial charge in [-0.15, -0.1) is 11.6 Å². The first-order valence-electron chi connectivity index (χ1n) is 7.07. The van der Waals surface area contributed by atoms with Gasteiger partial charge in [0.25, 0.3) is 0 Å². The average Bonchev–Trinajstić information content (AvgIpc) is 2.48. The van der Waals surface area contributed by atoms with Gasteiger partial charge in [-0.05, 0) is 22.8 Å². The molecule has 112 valence electrons. The van der Waals surface area contributed by atoms with Crippen LogP contribution in [0.4, 0.5) is 0 Å². The van der Waals surface area contributed by atoms with Gasteiger partial charge in [0.15, 0.2) is 0 Å². The number of fused-ring (bicyclic) bond motifs is 1. The molecular weight excluding hydrogens is 286 g/mol. The van der Waals surface area contributed by atoms with Crippen LogP contribution < -0.4 is 5.32 Å². The molecule has 3 nitrogen and oxygen atoms in total. The third-order valence-electron chi connectivity index (χ3n) is 3.36. The van der Waals surface area contributed by atoms with Crippen molar-refractivity contribution in [2.45, 2.75) is 18.2 Å². The van der Waals surface area contributed by atoms with Crippen molar-refractivity contribution in [2.75, 3.05) is 20.3 Å². The minimum atomic E-state index is -0.0622. The zero-order valence-corrected chi connectivity index (χ0v) is 12.9. The quantitative estimate of drug-likeness (QED) is 0.798. The second-order valence-electron chi connectivity index (χ2n) is 5.01. The highest BCUT2D eigenvalue weighted by molar-refractivity contribution is 6.20. The second-order valence-corrected chi connectivity index (χ2v) is 5.62. The molecule has 0 aliphatic carbocycles. The summed E-state index contributed by atoms with van der Waals surface area (Å²) in [6.45, 7) is 1.07. The Balaban J connectivity index is 1.90. The summed E-state index contributed by atoms with van der Waals surface area (Å²) in [7, 11) is 1.62. The van der Waals surface area contributed by atoms with Gasteiger partial charge in [-0.25, -0.2) is 0 Å². The summed E-state index contributed by atoms with van der Waals surface area (Å²) in [5.41, 5.74) is 1.05. The summed E-state index contributed by atoms with van der Waals surface area (Å²) >= 11 is 6.03. The molecule has 0 aliphatic rings. The number of rotatable bonds is 7. The monoisotopic (exact) mass is 305 g/mol. The lowest BCUT2D eigenvalue weighted by atomic mass is 10.0. The minimum absolute atomic E-state index is 0.0210. The third-order valence-corrected chi connectivity index (χ3v) is 3.70. The highest BCUT2D eigenvalue weighted by Gasteiger charge is 2.08. The van der Waals surface area contributed by atoms with Crippen LogP contribution in [0.25, 0.3) is 10.8 Å². The summed E-state index contributed by atoms with van der Waals surface area (Å²) in [6.07, 6.45) is 1.09. The van der Waals surface area contributed by atoms with E-state index in [2.05, 4.69) is 17.4 Å². The number of carbonyl (C=O) groups is 1. The Morgan fingerprint density at radius 2 is 2.00 bits per heavy atom. The van der Waals surface area contributed by atoms with Crippen molar-refractivity contribution in [3.05, 3.63) is 48.0 Å². The van der Waals surface area contributed by atoms with Crippen LogP contribution in [0, 0.1) is 0 Å². The van der Waals surface area contributed by atoms with Crippen LogP contribution in [-0.2, 0) is 16.0 Å². The normalized spacial score (nSPS) is 12.3. The predicted molar refractivity (Wildman–Crippen MR) is 86.8 cm³/mol. The first kappa shape index (κ1) is 15.8. The van der Waals surface area contributed by atoms with Crippen molar-refractivity contribution in [3.63, 3.8) is 0 Å². The van der Waals surface area contributed by atoms with Crippen LogP contribution in [-0.4, -0.2) is 31.5 Å². The number of methoxy groups -OCH3 is 1. The van der Waals surface area contributed by atoms with Gasteiger partial charge in [0, 0.05) is 13.7 Å². The van der Waals surface area contributed by atoms with E-state index in [9.17, 15) is 4.79 Å². The lowest BCUT2D eigenvalue weighted by molar-refractivity contribution is -0.120. The number of hydrogen-bond donors (Lipinski definition) is 1. The molecule has 1 amide bonds. The molecule has 2 aromatic carbocycles. The van der Waals surface area contributed by atoms with Crippen LogP contribution in [0.5, 0.6) is 0 Å². The summed E-state index contributed by atoms with van der Waals surface area (Å²) in [5, 5.41) is 5.13. The van der Waals surface area contributed by atoms with E-state index in [0.717, 1.165) is 16.3 Å². The van der Waals surface area contributed by atoms with Gasteiger partial charge < -0.3 is 10.1 Å². The van der Waals surface area contributed by atoms with E-state index in [4.69, 9.17) is 16.3 Å². The summed E-state index contributed by atoms with van der Waals surface area (Å²) in [5.74, 6) is 0.0210. The molecule has 0 fully saturated rings. The minimum Gasteiger partial charge on any atom is -0.383 e. The van der Waals surface area contributed by atoms with Gasteiger partial charge in [0.2, 0.25) is 5.91 Å². The first-order chi connectivity index (χ1) is 10.2. The highest BCUT2D eigenvalue weighted by Crippen LogP contribution is 2.18.